The highest BCUT2D eigenvalue weighted by Crippen LogP contribution is 2.22. The number of hydrogen-bond acceptors (Lipinski definition) is 3. The smallest absolute Gasteiger partial charge is 0.336 e. The molecule has 19 heavy (non-hydrogen) atoms. The molecule has 98 valence electrons. The summed E-state index contributed by atoms with van der Waals surface area (Å²) in [7, 11) is 0. The van der Waals surface area contributed by atoms with E-state index in [4.69, 9.17) is 5.11 Å². The summed E-state index contributed by atoms with van der Waals surface area (Å²) in [5.74, 6) is -0.284. The molecule has 1 heterocycles. The molecular weight excluding hydrogens is 262 g/mol. The number of benzene rings is 1. The number of thioether (sulfide) groups is 1. The minimum absolute atomic E-state index is 0.0466. The summed E-state index contributed by atoms with van der Waals surface area (Å²) in [5.41, 5.74) is 0.252. The number of carboxylic acids is 1. The number of carboxylic acid groups (broad SMARTS) is 1. The molecule has 0 aliphatic carbocycles. The summed E-state index contributed by atoms with van der Waals surface area (Å²) in [6, 6.07) is 11.9. The number of aromatic carboxylic acids is 1. The van der Waals surface area contributed by atoms with Gasteiger partial charge in [-0.15, -0.1) is 11.8 Å². The van der Waals surface area contributed by atoms with Crippen molar-refractivity contribution in [1.29, 1.82) is 0 Å². The van der Waals surface area contributed by atoms with Crippen molar-refractivity contribution < 1.29 is 9.90 Å². The van der Waals surface area contributed by atoms with Gasteiger partial charge in [-0.25, -0.2) is 4.79 Å². The number of carbonyl (C=O) groups is 1. The molecule has 0 unspecified atom stereocenters. The average Bonchev–Trinajstić information content (AvgIpc) is 2.41. The quantitative estimate of drug-likeness (QED) is 0.851. The second kappa shape index (κ2) is 6.24. The molecule has 0 aliphatic heterocycles. The van der Waals surface area contributed by atoms with Gasteiger partial charge in [-0.2, -0.15) is 0 Å². The van der Waals surface area contributed by atoms with E-state index in [2.05, 4.69) is 0 Å². The van der Waals surface area contributed by atoms with E-state index in [1.807, 2.05) is 6.07 Å². The Balaban J connectivity index is 2.02. The molecule has 0 bridgehead atoms. The Bertz CT molecular complexity index is 636. The van der Waals surface area contributed by atoms with E-state index in [1.54, 1.807) is 41.1 Å². The molecule has 1 aromatic heterocycles. The highest BCUT2D eigenvalue weighted by atomic mass is 32.2. The standard InChI is InChI=1S/C14H13NO3S/c16-13-7-3-4-8-15(13)9-10-19-12-6-2-1-5-11(12)14(17)18/h1-8H,9-10H2,(H,17,18). The van der Waals surface area contributed by atoms with E-state index in [0.29, 0.717) is 17.9 Å². The monoisotopic (exact) mass is 275 g/mol. The average molecular weight is 275 g/mol. The lowest BCUT2D eigenvalue weighted by Gasteiger charge is -2.07. The third-order valence-corrected chi connectivity index (χ3v) is 3.66. The van der Waals surface area contributed by atoms with Gasteiger partial charge in [-0.1, -0.05) is 18.2 Å². The van der Waals surface area contributed by atoms with Crippen LogP contribution in [-0.2, 0) is 6.54 Å². The zero-order valence-electron chi connectivity index (χ0n) is 10.2. The van der Waals surface area contributed by atoms with Gasteiger partial charge in [0.15, 0.2) is 0 Å². The van der Waals surface area contributed by atoms with Crippen LogP contribution >= 0.6 is 11.8 Å². The zero-order chi connectivity index (χ0) is 13.7. The van der Waals surface area contributed by atoms with Crippen molar-refractivity contribution in [3.8, 4) is 0 Å². The summed E-state index contributed by atoms with van der Waals surface area (Å²) in [4.78, 5) is 23.3. The van der Waals surface area contributed by atoms with Crippen LogP contribution in [0.15, 0.2) is 58.4 Å². The molecule has 1 aromatic carbocycles. The van der Waals surface area contributed by atoms with Crippen LogP contribution < -0.4 is 5.56 Å². The molecule has 1 N–H and O–H groups in total. The van der Waals surface area contributed by atoms with Crippen LogP contribution in [-0.4, -0.2) is 21.4 Å². The number of nitrogens with zero attached hydrogens (tertiary/aromatic N) is 1. The van der Waals surface area contributed by atoms with Gasteiger partial charge in [-0.3, -0.25) is 4.79 Å². The molecule has 0 radical (unpaired) electrons. The SMILES string of the molecule is O=C(O)c1ccccc1SCCn1ccccc1=O. The van der Waals surface area contributed by atoms with E-state index >= 15 is 0 Å². The minimum Gasteiger partial charge on any atom is -0.478 e. The maximum Gasteiger partial charge on any atom is 0.336 e. The molecule has 2 aromatic rings. The maximum atomic E-state index is 11.5. The van der Waals surface area contributed by atoms with Gasteiger partial charge >= 0.3 is 5.97 Å². The summed E-state index contributed by atoms with van der Waals surface area (Å²) in [5, 5.41) is 9.06. The van der Waals surface area contributed by atoms with E-state index in [0.717, 1.165) is 4.90 Å². The van der Waals surface area contributed by atoms with Crippen LogP contribution in [0.2, 0.25) is 0 Å². The Morgan fingerprint density at radius 1 is 1.16 bits per heavy atom. The zero-order valence-corrected chi connectivity index (χ0v) is 11.0. The van der Waals surface area contributed by atoms with Crippen molar-refractivity contribution in [3.05, 3.63) is 64.6 Å². The maximum absolute atomic E-state index is 11.5. The van der Waals surface area contributed by atoms with Crippen LogP contribution in [0, 0.1) is 0 Å². The first kappa shape index (κ1) is 13.4. The molecular formula is C14H13NO3S. The second-order valence-electron chi connectivity index (χ2n) is 3.88. The topological polar surface area (TPSA) is 59.3 Å². The Hall–Kier alpha value is -2.01. The summed E-state index contributed by atoms with van der Waals surface area (Å²) < 4.78 is 1.61. The van der Waals surface area contributed by atoms with Gasteiger partial charge in [0.2, 0.25) is 0 Å². The van der Waals surface area contributed by atoms with E-state index in [-0.39, 0.29) is 5.56 Å². The molecule has 0 amide bonds. The van der Waals surface area contributed by atoms with Crippen molar-refractivity contribution in [2.45, 2.75) is 11.4 Å². The van der Waals surface area contributed by atoms with E-state index in [9.17, 15) is 9.59 Å². The third kappa shape index (κ3) is 3.48. The molecule has 0 saturated carbocycles. The van der Waals surface area contributed by atoms with Crippen molar-refractivity contribution in [2.75, 3.05) is 5.75 Å². The predicted octanol–water partition coefficient (Wildman–Crippen LogP) is 2.34. The number of pyridine rings is 1. The van der Waals surface area contributed by atoms with Gasteiger partial charge in [0.1, 0.15) is 0 Å². The first-order chi connectivity index (χ1) is 9.18. The van der Waals surface area contributed by atoms with Gasteiger partial charge < -0.3 is 9.67 Å². The lowest BCUT2D eigenvalue weighted by atomic mass is 10.2. The number of aryl methyl sites for hydroxylation is 1. The Kier molecular flexibility index (Phi) is 4.41. The summed E-state index contributed by atoms with van der Waals surface area (Å²) in [6.45, 7) is 0.554. The predicted molar refractivity (Wildman–Crippen MR) is 74.8 cm³/mol. The van der Waals surface area contributed by atoms with Crippen LogP contribution in [0.25, 0.3) is 0 Å². The summed E-state index contributed by atoms with van der Waals surface area (Å²) >= 11 is 1.44. The third-order valence-electron chi connectivity index (χ3n) is 2.61. The molecule has 0 spiro atoms. The minimum atomic E-state index is -0.931. The van der Waals surface area contributed by atoms with Gasteiger partial charge in [0, 0.05) is 29.5 Å². The number of aromatic nitrogens is 1. The lowest BCUT2D eigenvalue weighted by molar-refractivity contribution is 0.0693. The fraction of sp³-hybridized carbons (Fsp3) is 0.143. The summed E-state index contributed by atoms with van der Waals surface area (Å²) in [6.07, 6.45) is 1.73. The second-order valence-corrected chi connectivity index (χ2v) is 5.02. The first-order valence-corrected chi connectivity index (χ1v) is 6.77. The van der Waals surface area contributed by atoms with Gasteiger partial charge in [0.05, 0.1) is 5.56 Å². The molecule has 5 heteroatoms. The van der Waals surface area contributed by atoms with Crippen molar-refractivity contribution in [1.82, 2.24) is 4.57 Å². The fourth-order valence-electron chi connectivity index (χ4n) is 1.67. The molecule has 2 rings (SSSR count). The van der Waals surface area contributed by atoms with Crippen molar-refractivity contribution in [2.24, 2.45) is 0 Å². The first-order valence-electron chi connectivity index (χ1n) is 5.79. The highest BCUT2D eigenvalue weighted by Gasteiger charge is 2.08. The largest absolute Gasteiger partial charge is 0.478 e. The normalized spacial score (nSPS) is 10.3. The highest BCUT2D eigenvalue weighted by molar-refractivity contribution is 7.99. The van der Waals surface area contributed by atoms with E-state index in [1.165, 1.54) is 17.8 Å². The van der Waals surface area contributed by atoms with Crippen molar-refractivity contribution >= 4 is 17.7 Å². The fourth-order valence-corrected chi connectivity index (χ4v) is 2.66. The van der Waals surface area contributed by atoms with Crippen LogP contribution in [0.3, 0.4) is 0 Å². The molecule has 0 aliphatic rings. The van der Waals surface area contributed by atoms with Crippen LogP contribution in [0.4, 0.5) is 0 Å². The molecule has 0 atom stereocenters. The number of rotatable bonds is 5. The van der Waals surface area contributed by atoms with Crippen LogP contribution in [0.1, 0.15) is 10.4 Å². The Labute approximate surface area is 114 Å². The molecule has 4 nitrogen and oxygen atoms in total. The van der Waals surface area contributed by atoms with Crippen LogP contribution in [0.5, 0.6) is 0 Å². The molecule has 0 saturated heterocycles. The van der Waals surface area contributed by atoms with E-state index < -0.39 is 5.97 Å². The lowest BCUT2D eigenvalue weighted by Crippen LogP contribution is -2.18. The Morgan fingerprint density at radius 2 is 1.89 bits per heavy atom. The molecule has 0 fully saturated rings. The van der Waals surface area contributed by atoms with Gasteiger partial charge in [-0.05, 0) is 18.2 Å². The van der Waals surface area contributed by atoms with Crippen molar-refractivity contribution in [3.63, 3.8) is 0 Å². The van der Waals surface area contributed by atoms with Gasteiger partial charge in [0.25, 0.3) is 5.56 Å². The number of hydrogen-bond donors (Lipinski definition) is 1. The Morgan fingerprint density at radius 3 is 2.63 bits per heavy atom.